The van der Waals surface area contributed by atoms with Crippen molar-refractivity contribution < 1.29 is 25.2 Å². The first kappa shape index (κ1) is 18.6. The maximum Gasteiger partial charge on any atom is 0.156 e. The van der Waals surface area contributed by atoms with Crippen LogP contribution in [-0.2, 0) is 4.74 Å². The topological polar surface area (TPSA) is 141 Å². The molecule has 1 rings (SSSR count). The summed E-state index contributed by atoms with van der Waals surface area (Å²) >= 11 is 1.22. The number of nitrogens with one attached hydrogen (secondary N) is 1. The van der Waals surface area contributed by atoms with Crippen molar-refractivity contribution in [2.75, 3.05) is 26.2 Å². The number of nitrogens with two attached hydrogens (primary N) is 1. The van der Waals surface area contributed by atoms with Gasteiger partial charge in [0.15, 0.2) is 5.17 Å². The molecule has 0 spiro atoms. The molecule has 0 bridgehead atoms. The fourth-order valence-corrected chi connectivity index (χ4v) is 2.91. The van der Waals surface area contributed by atoms with Crippen LogP contribution >= 0.6 is 11.8 Å². The van der Waals surface area contributed by atoms with Gasteiger partial charge in [-0.25, -0.2) is 0 Å². The van der Waals surface area contributed by atoms with Gasteiger partial charge in [0.1, 0.15) is 11.5 Å². The Morgan fingerprint density at radius 3 is 2.86 bits per heavy atom. The van der Waals surface area contributed by atoms with Crippen LogP contribution in [0.4, 0.5) is 0 Å². The summed E-state index contributed by atoms with van der Waals surface area (Å²) in [6.07, 6.45) is -3.13. The number of aliphatic hydroxyl groups is 4. The minimum absolute atomic E-state index is 0.177. The SMILES string of the molecule is CCN=C(N)S[C@@H]1CC(O)[C@H](O)C(CNCC(O)CO)O1. The normalized spacial score (nSPS) is 32.1. The molecule has 5 atom stereocenters. The lowest BCUT2D eigenvalue weighted by molar-refractivity contribution is -0.142. The second kappa shape index (κ2) is 9.57. The third-order valence-corrected chi connectivity index (χ3v) is 3.98. The summed E-state index contributed by atoms with van der Waals surface area (Å²) in [6.45, 7) is 2.52. The van der Waals surface area contributed by atoms with Gasteiger partial charge in [-0.05, 0) is 6.92 Å². The van der Waals surface area contributed by atoms with Crippen molar-refractivity contribution in [2.24, 2.45) is 10.7 Å². The minimum atomic E-state index is -1.01. The van der Waals surface area contributed by atoms with Crippen molar-refractivity contribution in [3.05, 3.63) is 0 Å². The van der Waals surface area contributed by atoms with E-state index in [0.717, 1.165) is 0 Å². The number of thioether (sulfide) groups is 1. The van der Waals surface area contributed by atoms with Gasteiger partial charge in [0, 0.05) is 26.1 Å². The summed E-state index contributed by atoms with van der Waals surface area (Å²) in [5.74, 6) is 0. The fourth-order valence-electron chi connectivity index (χ4n) is 1.94. The maximum atomic E-state index is 9.92. The molecular weight excluding hydrogens is 298 g/mol. The van der Waals surface area contributed by atoms with Crippen LogP contribution in [0.2, 0.25) is 0 Å². The van der Waals surface area contributed by atoms with Crippen LogP contribution < -0.4 is 11.1 Å². The van der Waals surface area contributed by atoms with Gasteiger partial charge in [0.2, 0.25) is 0 Å². The summed E-state index contributed by atoms with van der Waals surface area (Å²) in [5.41, 5.74) is 5.33. The van der Waals surface area contributed by atoms with Gasteiger partial charge in [-0.3, -0.25) is 4.99 Å². The molecule has 124 valence electrons. The van der Waals surface area contributed by atoms with E-state index in [2.05, 4.69) is 10.3 Å². The third kappa shape index (κ3) is 6.47. The zero-order valence-electron chi connectivity index (χ0n) is 12.1. The summed E-state index contributed by atoms with van der Waals surface area (Å²) < 4.78 is 5.69. The van der Waals surface area contributed by atoms with Crippen LogP contribution in [0.25, 0.3) is 0 Å². The molecule has 0 aromatic rings. The second-order valence-electron chi connectivity index (χ2n) is 4.82. The van der Waals surface area contributed by atoms with Gasteiger partial charge >= 0.3 is 0 Å². The van der Waals surface area contributed by atoms with E-state index in [9.17, 15) is 15.3 Å². The molecule has 0 radical (unpaired) electrons. The lowest BCUT2D eigenvalue weighted by Crippen LogP contribution is -2.52. The Morgan fingerprint density at radius 1 is 1.52 bits per heavy atom. The van der Waals surface area contributed by atoms with Crippen LogP contribution in [-0.4, -0.2) is 81.7 Å². The number of amidine groups is 1. The van der Waals surface area contributed by atoms with Crippen molar-refractivity contribution in [2.45, 2.75) is 43.2 Å². The van der Waals surface area contributed by atoms with Gasteiger partial charge in [-0.2, -0.15) is 0 Å². The average Bonchev–Trinajstić information content (AvgIpc) is 2.43. The van der Waals surface area contributed by atoms with Crippen LogP contribution in [0, 0.1) is 0 Å². The quantitative estimate of drug-likeness (QED) is 0.230. The highest BCUT2D eigenvalue weighted by molar-refractivity contribution is 8.14. The number of ether oxygens (including phenoxy) is 1. The fraction of sp³-hybridized carbons (Fsp3) is 0.917. The van der Waals surface area contributed by atoms with E-state index < -0.39 is 24.4 Å². The molecule has 1 saturated heterocycles. The lowest BCUT2D eigenvalue weighted by Gasteiger charge is -2.37. The molecule has 21 heavy (non-hydrogen) atoms. The highest BCUT2D eigenvalue weighted by atomic mass is 32.2. The van der Waals surface area contributed by atoms with Crippen LogP contribution in [0.1, 0.15) is 13.3 Å². The molecule has 0 saturated carbocycles. The van der Waals surface area contributed by atoms with E-state index in [1.54, 1.807) is 0 Å². The van der Waals surface area contributed by atoms with E-state index in [4.69, 9.17) is 15.6 Å². The molecule has 7 N–H and O–H groups in total. The third-order valence-electron chi connectivity index (χ3n) is 3.04. The summed E-state index contributed by atoms with van der Waals surface area (Å²) in [6, 6.07) is 0. The van der Waals surface area contributed by atoms with Gasteiger partial charge in [-0.1, -0.05) is 11.8 Å². The number of hydrogen-bond acceptors (Lipinski definition) is 8. The number of hydrogen-bond donors (Lipinski definition) is 6. The number of nitrogens with zero attached hydrogens (tertiary/aromatic N) is 1. The molecular formula is C12H25N3O5S. The van der Waals surface area contributed by atoms with Gasteiger partial charge in [0.25, 0.3) is 0 Å². The highest BCUT2D eigenvalue weighted by Crippen LogP contribution is 2.27. The molecule has 1 aliphatic heterocycles. The molecule has 0 aliphatic carbocycles. The molecule has 8 nitrogen and oxygen atoms in total. The summed E-state index contributed by atoms with van der Waals surface area (Å²) in [5, 5.41) is 41.0. The lowest BCUT2D eigenvalue weighted by atomic mass is 10.0. The first-order chi connectivity index (χ1) is 9.97. The zero-order chi connectivity index (χ0) is 15.8. The highest BCUT2D eigenvalue weighted by Gasteiger charge is 2.37. The van der Waals surface area contributed by atoms with Crippen molar-refractivity contribution >= 4 is 16.9 Å². The Bertz CT molecular complexity index is 334. The van der Waals surface area contributed by atoms with Crippen LogP contribution in [0.3, 0.4) is 0 Å². The van der Waals surface area contributed by atoms with Crippen LogP contribution in [0.5, 0.6) is 0 Å². The Kier molecular flexibility index (Phi) is 8.49. The summed E-state index contributed by atoms with van der Waals surface area (Å²) in [7, 11) is 0. The molecule has 0 amide bonds. The smallest absolute Gasteiger partial charge is 0.156 e. The van der Waals surface area contributed by atoms with Crippen LogP contribution in [0.15, 0.2) is 4.99 Å². The molecule has 1 aliphatic rings. The van der Waals surface area contributed by atoms with Crippen molar-refractivity contribution in [1.82, 2.24) is 5.32 Å². The van der Waals surface area contributed by atoms with Crippen molar-refractivity contribution in [1.29, 1.82) is 0 Å². The maximum absolute atomic E-state index is 9.92. The number of aliphatic hydroxyl groups excluding tert-OH is 4. The van der Waals surface area contributed by atoms with E-state index in [1.807, 2.05) is 6.92 Å². The molecule has 3 unspecified atom stereocenters. The van der Waals surface area contributed by atoms with Crippen molar-refractivity contribution in [3.8, 4) is 0 Å². The monoisotopic (exact) mass is 323 g/mol. The Hall–Kier alpha value is -0.420. The van der Waals surface area contributed by atoms with E-state index >= 15 is 0 Å². The number of aliphatic imine (C=N–C) groups is 1. The molecule has 0 aromatic carbocycles. The Labute approximate surface area is 128 Å². The van der Waals surface area contributed by atoms with E-state index in [-0.39, 0.29) is 31.6 Å². The summed E-state index contributed by atoms with van der Waals surface area (Å²) in [4.78, 5) is 4.04. The first-order valence-corrected chi connectivity index (χ1v) is 7.83. The molecule has 9 heteroatoms. The van der Waals surface area contributed by atoms with Gasteiger partial charge in [-0.15, -0.1) is 0 Å². The number of rotatable bonds is 7. The average molecular weight is 323 g/mol. The standard InChI is InChI=1S/C12H25N3O5S/c1-2-15-12(13)21-10-3-8(18)11(19)9(20-10)5-14-4-7(17)6-16/h7-11,14,16-19H,2-6H2,1H3,(H2,13,15)/t7?,8?,9?,10-,11+/m1/s1. The molecule has 1 heterocycles. The van der Waals surface area contributed by atoms with Gasteiger partial charge in [0.05, 0.1) is 24.9 Å². The first-order valence-electron chi connectivity index (χ1n) is 6.95. The molecule has 0 aromatic heterocycles. The minimum Gasteiger partial charge on any atom is -0.394 e. The van der Waals surface area contributed by atoms with Crippen molar-refractivity contribution in [3.63, 3.8) is 0 Å². The second-order valence-corrected chi connectivity index (χ2v) is 6.00. The Morgan fingerprint density at radius 2 is 2.24 bits per heavy atom. The predicted molar refractivity (Wildman–Crippen MR) is 81.0 cm³/mol. The predicted octanol–water partition coefficient (Wildman–Crippen LogP) is -2.17. The Balaban J connectivity index is 2.47. The van der Waals surface area contributed by atoms with Gasteiger partial charge < -0.3 is 36.2 Å². The molecule has 1 fully saturated rings. The van der Waals surface area contributed by atoms with E-state index in [1.165, 1.54) is 11.8 Å². The largest absolute Gasteiger partial charge is 0.394 e. The van der Waals surface area contributed by atoms with E-state index in [0.29, 0.717) is 11.7 Å². The zero-order valence-corrected chi connectivity index (χ0v) is 12.9.